The highest BCUT2D eigenvalue weighted by Crippen LogP contribution is 2.19. The number of rotatable bonds is 2. The van der Waals surface area contributed by atoms with Crippen LogP contribution in [0.4, 0.5) is 0 Å². The molecule has 0 bridgehead atoms. The summed E-state index contributed by atoms with van der Waals surface area (Å²) >= 11 is 5.95. The minimum Gasteiger partial charge on any atom is -0.391 e. The van der Waals surface area contributed by atoms with E-state index in [9.17, 15) is 5.11 Å². The third kappa shape index (κ3) is 1.93. The number of fused-ring (bicyclic) bond motifs is 1. The summed E-state index contributed by atoms with van der Waals surface area (Å²) in [6.45, 7) is 3.87. The van der Waals surface area contributed by atoms with E-state index in [0.29, 0.717) is 28.6 Å². The van der Waals surface area contributed by atoms with Gasteiger partial charge in [-0.05, 0) is 13.8 Å². The molecule has 1 N–H and O–H groups in total. The monoisotopic (exact) mass is 226 g/mol. The van der Waals surface area contributed by atoms with Gasteiger partial charge < -0.3 is 5.11 Å². The van der Waals surface area contributed by atoms with Crippen LogP contribution < -0.4 is 0 Å². The lowest BCUT2D eigenvalue weighted by atomic mass is 10.4. The van der Waals surface area contributed by atoms with Crippen molar-refractivity contribution in [2.75, 3.05) is 0 Å². The van der Waals surface area contributed by atoms with Crippen LogP contribution >= 0.6 is 11.6 Å². The molecule has 5 nitrogen and oxygen atoms in total. The van der Waals surface area contributed by atoms with Gasteiger partial charge in [-0.3, -0.25) is 0 Å². The average Bonchev–Trinajstić information content (AvgIpc) is 2.48. The number of nitrogens with zero attached hydrogens (tertiary/aromatic N) is 4. The minimum atomic E-state index is -0.470. The second kappa shape index (κ2) is 3.75. The molecule has 2 rings (SSSR count). The number of halogens is 1. The van der Waals surface area contributed by atoms with E-state index < -0.39 is 6.10 Å². The Bertz CT molecular complexity index is 494. The van der Waals surface area contributed by atoms with E-state index in [2.05, 4.69) is 15.1 Å². The van der Waals surface area contributed by atoms with Gasteiger partial charge in [0.1, 0.15) is 11.0 Å². The Labute approximate surface area is 91.7 Å². The van der Waals surface area contributed by atoms with E-state index in [1.165, 1.54) is 0 Å². The van der Waals surface area contributed by atoms with Gasteiger partial charge in [-0.2, -0.15) is 5.10 Å². The minimum absolute atomic E-state index is 0.398. The number of aliphatic hydroxyl groups is 1. The normalized spacial score (nSPS) is 13.3. The van der Waals surface area contributed by atoms with Crippen LogP contribution in [0, 0.1) is 6.92 Å². The Hall–Kier alpha value is -1.20. The molecule has 0 aliphatic carbocycles. The van der Waals surface area contributed by atoms with Crippen LogP contribution in [0.3, 0.4) is 0 Å². The second-order valence-electron chi connectivity index (χ2n) is 3.47. The summed E-state index contributed by atoms with van der Waals surface area (Å²) < 4.78 is 1.63. The van der Waals surface area contributed by atoms with Gasteiger partial charge in [-0.25, -0.2) is 14.6 Å². The maximum absolute atomic E-state index is 9.29. The standard InChI is InChI=1S/C9H11ClN4O/c1-5(15)4-14-9-7(3-11-14)8(10)12-6(2)13-9/h3,5,15H,4H2,1-2H3. The molecule has 15 heavy (non-hydrogen) atoms. The maximum atomic E-state index is 9.29. The van der Waals surface area contributed by atoms with Crippen LogP contribution in [0.5, 0.6) is 0 Å². The van der Waals surface area contributed by atoms with Gasteiger partial charge in [-0.15, -0.1) is 0 Å². The predicted octanol–water partition coefficient (Wildman–Crippen LogP) is 1.17. The van der Waals surface area contributed by atoms with Gasteiger partial charge in [-0.1, -0.05) is 11.6 Å². The summed E-state index contributed by atoms with van der Waals surface area (Å²) in [4.78, 5) is 8.28. The lowest BCUT2D eigenvalue weighted by molar-refractivity contribution is 0.170. The van der Waals surface area contributed by atoms with E-state index in [4.69, 9.17) is 11.6 Å². The molecule has 1 atom stereocenters. The highest BCUT2D eigenvalue weighted by atomic mass is 35.5. The SMILES string of the molecule is Cc1nc(Cl)c2cnn(CC(C)O)c2n1. The first-order valence-corrected chi connectivity index (χ1v) is 4.99. The molecule has 1 unspecified atom stereocenters. The molecular formula is C9H11ClN4O. The molecule has 0 aliphatic heterocycles. The van der Waals surface area contributed by atoms with Crippen LogP contribution in [0.25, 0.3) is 11.0 Å². The second-order valence-corrected chi connectivity index (χ2v) is 3.83. The molecule has 0 fully saturated rings. The third-order valence-corrected chi connectivity index (χ3v) is 2.29. The first kappa shape index (κ1) is 10.3. The zero-order chi connectivity index (χ0) is 11.0. The lowest BCUT2D eigenvalue weighted by Crippen LogP contribution is -2.13. The summed E-state index contributed by atoms with van der Waals surface area (Å²) in [6.07, 6.45) is 1.14. The van der Waals surface area contributed by atoms with Crippen LogP contribution in [0.1, 0.15) is 12.7 Å². The van der Waals surface area contributed by atoms with Crippen LogP contribution in [-0.2, 0) is 6.54 Å². The molecule has 2 aromatic heterocycles. The Balaban J connectivity index is 2.58. The van der Waals surface area contributed by atoms with Crippen molar-refractivity contribution in [2.24, 2.45) is 0 Å². The summed E-state index contributed by atoms with van der Waals surface area (Å²) in [5, 5.41) is 14.5. The predicted molar refractivity (Wildman–Crippen MR) is 56.8 cm³/mol. The highest BCUT2D eigenvalue weighted by Gasteiger charge is 2.10. The Morgan fingerprint density at radius 3 is 2.93 bits per heavy atom. The smallest absolute Gasteiger partial charge is 0.163 e. The van der Waals surface area contributed by atoms with E-state index in [1.807, 2.05) is 0 Å². The maximum Gasteiger partial charge on any atom is 0.163 e. The fourth-order valence-electron chi connectivity index (χ4n) is 1.41. The van der Waals surface area contributed by atoms with Crippen molar-refractivity contribution in [2.45, 2.75) is 26.5 Å². The van der Waals surface area contributed by atoms with Crippen LogP contribution in [0.15, 0.2) is 6.20 Å². The molecule has 0 saturated carbocycles. The number of hydrogen-bond acceptors (Lipinski definition) is 4. The van der Waals surface area contributed by atoms with Crippen molar-refractivity contribution in [3.05, 3.63) is 17.2 Å². The zero-order valence-corrected chi connectivity index (χ0v) is 9.23. The molecule has 2 aromatic rings. The molecule has 80 valence electrons. The highest BCUT2D eigenvalue weighted by molar-refractivity contribution is 6.33. The van der Waals surface area contributed by atoms with Crippen LogP contribution in [0.2, 0.25) is 5.15 Å². The quantitative estimate of drug-likeness (QED) is 0.781. The molecule has 0 aromatic carbocycles. The van der Waals surface area contributed by atoms with E-state index in [0.717, 1.165) is 0 Å². The van der Waals surface area contributed by atoms with E-state index >= 15 is 0 Å². The number of aryl methyl sites for hydroxylation is 1. The average molecular weight is 227 g/mol. The Morgan fingerprint density at radius 2 is 2.27 bits per heavy atom. The van der Waals surface area contributed by atoms with Gasteiger partial charge in [0.25, 0.3) is 0 Å². The van der Waals surface area contributed by atoms with Crippen molar-refractivity contribution in [3.63, 3.8) is 0 Å². The molecule has 0 aliphatic rings. The molecule has 0 amide bonds. The largest absolute Gasteiger partial charge is 0.391 e. The number of hydrogen-bond donors (Lipinski definition) is 1. The summed E-state index contributed by atoms with van der Waals surface area (Å²) in [5.74, 6) is 0.597. The molecule has 0 radical (unpaired) electrons. The third-order valence-electron chi connectivity index (χ3n) is 2.00. The molecular weight excluding hydrogens is 216 g/mol. The first-order valence-electron chi connectivity index (χ1n) is 4.61. The van der Waals surface area contributed by atoms with Crippen molar-refractivity contribution in [3.8, 4) is 0 Å². The van der Waals surface area contributed by atoms with Gasteiger partial charge >= 0.3 is 0 Å². The van der Waals surface area contributed by atoms with Gasteiger partial charge in [0, 0.05) is 0 Å². The van der Waals surface area contributed by atoms with E-state index in [-0.39, 0.29) is 0 Å². The zero-order valence-electron chi connectivity index (χ0n) is 8.48. The first-order chi connectivity index (χ1) is 7.08. The molecule has 2 heterocycles. The topological polar surface area (TPSA) is 63.8 Å². The number of aromatic nitrogens is 4. The lowest BCUT2D eigenvalue weighted by Gasteiger charge is -2.05. The fourth-order valence-corrected chi connectivity index (χ4v) is 1.66. The fraction of sp³-hybridized carbons (Fsp3) is 0.444. The summed E-state index contributed by atoms with van der Waals surface area (Å²) in [5.41, 5.74) is 0.661. The number of aliphatic hydroxyl groups excluding tert-OH is 1. The van der Waals surface area contributed by atoms with Crippen molar-refractivity contribution in [1.82, 2.24) is 19.7 Å². The molecule has 0 saturated heterocycles. The van der Waals surface area contributed by atoms with Crippen molar-refractivity contribution < 1.29 is 5.11 Å². The van der Waals surface area contributed by atoms with Crippen molar-refractivity contribution >= 4 is 22.6 Å². The molecule has 6 heteroatoms. The van der Waals surface area contributed by atoms with Gasteiger partial charge in [0.2, 0.25) is 0 Å². The van der Waals surface area contributed by atoms with Crippen molar-refractivity contribution in [1.29, 1.82) is 0 Å². The van der Waals surface area contributed by atoms with E-state index in [1.54, 1.807) is 24.7 Å². The van der Waals surface area contributed by atoms with Gasteiger partial charge in [0.05, 0.1) is 24.2 Å². The Morgan fingerprint density at radius 1 is 1.53 bits per heavy atom. The molecule has 0 spiro atoms. The Kier molecular flexibility index (Phi) is 2.58. The van der Waals surface area contributed by atoms with Crippen LogP contribution in [-0.4, -0.2) is 31.0 Å². The van der Waals surface area contributed by atoms with Gasteiger partial charge in [0.15, 0.2) is 5.65 Å². The summed E-state index contributed by atoms with van der Waals surface area (Å²) in [7, 11) is 0. The summed E-state index contributed by atoms with van der Waals surface area (Å²) in [6, 6.07) is 0.